The van der Waals surface area contributed by atoms with E-state index in [1.54, 1.807) is 6.20 Å². The molecule has 130 valence electrons. The molecular formula is C18H21N5O2. The van der Waals surface area contributed by atoms with Gasteiger partial charge in [0.2, 0.25) is 0 Å². The number of aromatic nitrogens is 4. The van der Waals surface area contributed by atoms with Crippen LogP contribution in [0.3, 0.4) is 0 Å². The van der Waals surface area contributed by atoms with Gasteiger partial charge in [-0.25, -0.2) is 0 Å². The van der Waals surface area contributed by atoms with Gasteiger partial charge in [-0.3, -0.25) is 14.6 Å². The maximum absolute atomic E-state index is 12.3. The van der Waals surface area contributed by atoms with E-state index in [0.29, 0.717) is 17.9 Å². The molecule has 0 atom stereocenters. The number of H-pyrrole nitrogens is 1. The third kappa shape index (κ3) is 3.61. The molecular weight excluding hydrogens is 318 g/mol. The quantitative estimate of drug-likeness (QED) is 0.665. The molecule has 7 nitrogen and oxygen atoms in total. The predicted octanol–water partition coefficient (Wildman–Crippen LogP) is 2.44. The summed E-state index contributed by atoms with van der Waals surface area (Å²) in [6, 6.07) is 6.06. The molecule has 2 aromatic heterocycles. The molecule has 0 aliphatic carbocycles. The second kappa shape index (κ2) is 6.90. The molecule has 0 saturated heterocycles. The first kappa shape index (κ1) is 16.9. The Hall–Kier alpha value is -2.93. The normalized spacial score (nSPS) is 10.9. The molecule has 0 unspecified atom stereocenters. The highest BCUT2D eigenvalue weighted by molar-refractivity contribution is 6.03. The van der Waals surface area contributed by atoms with Crippen LogP contribution < -0.4 is 5.32 Å². The van der Waals surface area contributed by atoms with E-state index in [2.05, 4.69) is 53.5 Å². The van der Waals surface area contributed by atoms with Gasteiger partial charge in [0, 0.05) is 17.8 Å². The Kier molecular flexibility index (Phi) is 4.67. The summed E-state index contributed by atoms with van der Waals surface area (Å²) in [6.07, 6.45) is 3.05. The van der Waals surface area contributed by atoms with Gasteiger partial charge in [-0.15, -0.1) is 0 Å². The zero-order chi connectivity index (χ0) is 18.0. The van der Waals surface area contributed by atoms with Gasteiger partial charge in [-0.05, 0) is 43.5 Å². The maximum Gasteiger partial charge on any atom is 0.260 e. The van der Waals surface area contributed by atoms with Gasteiger partial charge in [-0.2, -0.15) is 10.2 Å². The smallest absolute Gasteiger partial charge is 0.260 e. The lowest BCUT2D eigenvalue weighted by atomic mass is 9.99. The zero-order valence-corrected chi connectivity index (χ0v) is 14.5. The number of benzene rings is 1. The van der Waals surface area contributed by atoms with E-state index in [1.807, 2.05) is 6.07 Å². The van der Waals surface area contributed by atoms with Crippen molar-refractivity contribution in [3.8, 4) is 11.3 Å². The Labute approximate surface area is 145 Å². The first-order valence-corrected chi connectivity index (χ1v) is 8.06. The fourth-order valence-corrected chi connectivity index (χ4v) is 2.67. The number of aliphatic hydroxyl groups excluding tert-OH is 1. The molecule has 0 fully saturated rings. The van der Waals surface area contributed by atoms with Crippen molar-refractivity contribution in [2.45, 2.75) is 27.3 Å². The summed E-state index contributed by atoms with van der Waals surface area (Å²) in [4.78, 5) is 12.3. The molecule has 0 aliphatic heterocycles. The Morgan fingerprint density at radius 1 is 1.20 bits per heavy atom. The first-order valence-electron chi connectivity index (χ1n) is 8.06. The van der Waals surface area contributed by atoms with Crippen LogP contribution in [0, 0.1) is 20.8 Å². The van der Waals surface area contributed by atoms with Crippen molar-refractivity contribution in [2.75, 3.05) is 11.9 Å². The largest absolute Gasteiger partial charge is 0.394 e. The summed E-state index contributed by atoms with van der Waals surface area (Å²) >= 11 is 0. The number of carbonyl (C=O) groups is 1. The molecule has 0 aliphatic rings. The predicted molar refractivity (Wildman–Crippen MR) is 95.5 cm³/mol. The Balaban J connectivity index is 1.77. The lowest BCUT2D eigenvalue weighted by molar-refractivity contribution is 0.102. The van der Waals surface area contributed by atoms with Gasteiger partial charge >= 0.3 is 0 Å². The number of aryl methyl sites for hydroxylation is 3. The molecule has 3 aromatic rings. The molecule has 0 spiro atoms. The summed E-state index contributed by atoms with van der Waals surface area (Å²) in [7, 11) is 0. The standard InChI is InChI=1S/C18H21N5O2/c1-11-6-13(3)15(7-12(11)2)16-8-17(22-21-16)20-18(25)14-9-19-23(10-14)4-5-24/h6-10,24H,4-5H2,1-3H3,(H2,20,21,22,25). The summed E-state index contributed by atoms with van der Waals surface area (Å²) < 4.78 is 1.52. The van der Waals surface area contributed by atoms with Crippen molar-refractivity contribution in [3.05, 3.63) is 52.8 Å². The van der Waals surface area contributed by atoms with Gasteiger partial charge in [-0.1, -0.05) is 6.07 Å². The number of aromatic amines is 1. The number of carbonyl (C=O) groups excluding carboxylic acids is 1. The monoisotopic (exact) mass is 339 g/mol. The average Bonchev–Trinajstić information content (AvgIpc) is 3.21. The van der Waals surface area contributed by atoms with Crippen LogP contribution in [0.4, 0.5) is 5.82 Å². The van der Waals surface area contributed by atoms with E-state index < -0.39 is 0 Å². The van der Waals surface area contributed by atoms with Gasteiger partial charge in [0.25, 0.3) is 5.91 Å². The summed E-state index contributed by atoms with van der Waals surface area (Å²) in [5.41, 5.74) is 5.93. The maximum atomic E-state index is 12.3. The minimum absolute atomic E-state index is 0.0270. The molecule has 0 saturated carbocycles. The van der Waals surface area contributed by atoms with E-state index >= 15 is 0 Å². The summed E-state index contributed by atoms with van der Waals surface area (Å²) in [5.74, 6) is 0.159. The third-order valence-electron chi connectivity index (χ3n) is 4.17. The second-order valence-corrected chi connectivity index (χ2v) is 6.09. The minimum Gasteiger partial charge on any atom is -0.394 e. The molecule has 1 aromatic carbocycles. The number of hydrogen-bond acceptors (Lipinski definition) is 4. The molecule has 25 heavy (non-hydrogen) atoms. The fourth-order valence-electron chi connectivity index (χ4n) is 2.67. The Morgan fingerprint density at radius 3 is 2.72 bits per heavy atom. The van der Waals surface area contributed by atoms with Gasteiger partial charge in [0.1, 0.15) is 0 Å². The van der Waals surface area contributed by atoms with Gasteiger partial charge < -0.3 is 10.4 Å². The van der Waals surface area contributed by atoms with E-state index in [0.717, 1.165) is 16.8 Å². The van der Waals surface area contributed by atoms with Gasteiger partial charge in [0.05, 0.1) is 30.6 Å². The van der Waals surface area contributed by atoms with Crippen molar-refractivity contribution in [1.29, 1.82) is 0 Å². The van der Waals surface area contributed by atoms with Crippen LogP contribution >= 0.6 is 0 Å². The number of hydrogen-bond donors (Lipinski definition) is 3. The summed E-state index contributed by atoms with van der Waals surface area (Å²) in [6.45, 7) is 6.53. The third-order valence-corrected chi connectivity index (χ3v) is 4.17. The van der Waals surface area contributed by atoms with Crippen molar-refractivity contribution in [1.82, 2.24) is 20.0 Å². The second-order valence-electron chi connectivity index (χ2n) is 6.09. The lowest BCUT2D eigenvalue weighted by Crippen LogP contribution is -2.11. The molecule has 0 radical (unpaired) electrons. The van der Waals surface area contributed by atoms with Crippen LogP contribution in [0.1, 0.15) is 27.0 Å². The number of nitrogens with one attached hydrogen (secondary N) is 2. The molecule has 2 heterocycles. The fraction of sp³-hybridized carbons (Fsp3) is 0.278. The van der Waals surface area contributed by atoms with Crippen molar-refractivity contribution in [2.24, 2.45) is 0 Å². The number of aliphatic hydroxyl groups is 1. The molecule has 0 bridgehead atoms. The number of amides is 1. The average molecular weight is 339 g/mol. The Bertz CT molecular complexity index is 910. The number of anilines is 1. The zero-order valence-electron chi connectivity index (χ0n) is 14.5. The number of nitrogens with zero attached hydrogens (tertiary/aromatic N) is 3. The highest BCUT2D eigenvalue weighted by atomic mass is 16.3. The van der Waals surface area contributed by atoms with E-state index in [9.17, 15) is 4.79 Å². The van der Waals surface area contributed by atoms with E-state index in [4.69, 9.17) is 5.11 Å². The molecule has 1 amide bonds. The van der Waals surface area contributed by atoms with Crippen molar-refractivity contribution >= 4 is 11.7 Å². The molecule has 7 heteroatoms. The minimum atomic E-state index is -0.293. The molecule has 3 N–H and O–H groups in total. The first-order chi connectivity index (χ1) is 12.0. The van der Waals surface area contributed by atoms with E-state index in [1.165, 1.54) is 22.0 Å². The van der Waals surface area contributed by atoms with Crippen molar-refractivity contribution in [3.63, 3.8) is 0 Å². The lowest BCUT2D eigenvalue weighted by Gasteiger charge is -2.07. The Morgan fingerprint density at radius 2 is 1.96 bits per heavy atom. The summed E-state index contributed by atoms with van der Waals surface area (Å²) in [5, 5.41) is 22.8. The highest BCUT2D eigenvalue weighted by Crippen LogP contribution is 2.26. The van der Waals surface area contributed by atoms with Crippen molar-refractivity contribution < 1.29 is 9.90 Å². The van der Waals surface area contributed by atoms with Crippen LogP contribution in [0.5, 0.6) is 0 Å². The van der Waals surface area contributed by atoms with Gasteiger partial charge in [0.15, 0.2) is 5.82 Å². The molecule has 3 rings (SSSR count). The van der Waals surface area contributed by atoms with Crippen LogP contribution in [0.15, 0.2) is 30.6 Å². The van der Waals surface area contributed by atoms with Crippen LogP contribution in [-0.2, 0) is 6.54 Å². The topological polar surface area (TPSA) is 95.8 Å². The van der Waals surface area contributed by atoms with Crippen LogP contribution in [0.2, 0.25) is 0 Å². The van der Waals surface area contributed by atoms with Crippen LogP contribution in [-0.4, -0.2) is 37.6 Å². The van der Waals surface area contributed by atoms with Crippen LogP contribution in [0.25, 0.3) is 11.3 Å². The van der Waals surface area contributed by atoms with E-state index in [-0.39, 0.29) is 12.5 Å². The SMILES string of the molecule is Cc1cc(C)c(-c2cc(NC(=O)c3cnn(CCO)c3)n[nH]2)cc1C. The number of rotatable bonds is 5. The highest BCUT2D eigenvalue weighted by Gasteiger charge is 2.13.